The Labute approximate surface area is 130 Å². The first-order chi connectivity index (χ1) is 10.0. The van der Waals surface area contributed by atoms with Crippen LogP contribution in [0.4, 0.5) is 5.69 Å². The summed E-state index contributed by atoms with van der Waals surface area (Å²) < 4.78 is 0. The molecule has 0 aliphatic heterocycles. The van der Waals surface area contributed by atoms with Gasteiger partial charge in [-0.05, 0) is 43.5 Å². The second-order valence-electron chi connectivity index (χ2n) is 6.73. The molecule has 3 unspecified atom stereocenters. The van der Waals surface area contributed by atoms with Crippen molar-refractivity contribution in [2.24, 2.45) is 11.7 Å². The van der Waals surface area contributed by atoms with Gasteiger partial charge in [-0.3, -0.25) is 4.90 Å². The van der Waals surface area contributed by atoms with Crippen LogP contribution in [0.1, 0.15) is 44.2 Å². The van der Waals surface area contributed by atoms with Crippen molar-refractivity contribution in [1.29, 1.82) is 0 Å². The number of rotatable bonds is 5. The lowest BCUT2D eigenvalue weighted by atomic mass is 9.84. The Balaban J connectivity index is 2.14. The third-order valence-electron chi connectivity index (χ3n) is 5.10. The third kappa shape index (κ3) is 3.78. The molecule has 0 spiro atoms. The van der Waals surface area contributed by atoms with E-state index in [2.05, 4.69) is 62.1 Å². The summed E-state index contributed by atoms with van der Waals surface area (Å²) in [6.07, 6.45) is 5.41. The predicted octanol–water partition coefficient (Wildman–Crippen LogP) is 3.26. The zero-order valence-electron chi connectivity index (χ0n) is 14.0. The van der Waals surface area contributed by atoms with E-state index in [0.29, 0.717) is 18.6 Å². The van der Waals surface area contributed by atoms with Crippen LogP contribution in [-0.2, 0) is 0 Å². The van der Waals surface area contributed by atoms with Crippen molar-refractivity contribution in [3.63, 3.8) is 0 Å². The van der Waals surface area contributed by atoms with Crippen molar-refractivity contribution in [1.82, 2.24) is 4.90 Å². The van der Waals surface area contributed by atoms with Crippen LogP contribution in [0.3, 0.4) is 0 Å². The lowest BCUT2D eigenvalue weighted by molar-refractivity contribution is 0.0992. The van der Waals surface area contributed by atoms with E-state index in [0.717, 1.165) is 5.92 Å². The van der Waals surface area contributed by atoms with Gasteiger partial charge in [0, 0.05) is 38.4 Å². The summed E-state index contributed by atoms with van der Waals surface area (Å²) in [6, 6.07) is 9.84. The van der Waals surface area contributed by atoms with E-state index in [9.17, 15) is 0 Å². The van der Waals surface area contributed by atoms with Crippen molar-refractivity contribution < 1.29 is 0 Å². The maximum atomic E-state index is 6.10. The number of nitrogens with two attached hydrogens (primary N) is 1. The molecule has 1 fully saturated rings. The van der Waals surface area contributed by atoms with E-state index in [-0.39, 0.29) is 0 Å². The minimum Gasteiger partial charge on any atom is -0.378 e. The summed E-state index contributed by atoms with van der Waals surface area (Å²) >= 11 is 0. The molecule has 0 amide bonds. The highest BCUT2D eigenvalue weighted by Gasteiger charge is 2.29. The van der Waals surface area contributed by atoms with Crippen LogP contribution in [0.2, 0.25) is 0 Å². The highest BCUT2D eigenvalue weighted by atomic mass is 15.2. The monoisotopic (exact) mass is 289 g/mol. The Morgan fingerprint density at radius 3 is 2.24 bits per heavy atom. The molecule has 118 valence electrons. The van der Waals surface area contributed by atoms with E-state index >= 15 is 0 Å². The summed E-state index contributed by atoms with van der Waals surface area (Å²) in [5.41, 5.74) is 8.68. The van der Waals surface area contributed by atoms with Gasteiger partial charge >= 0.3 is 0 Å². The maximum Gasteiger partial charge on any atom is 0.0470 e. The van der Waals surface area contributed by atoms with Crippen molar-refractivity contribution in [3.8, 4) is 0 Å². The van der Waals surface area contributed by atoms with Gasteiger partial charge in [-0.25, -0.2) is 0 Å². The maximum absolute atomic E-state index is 6.10. The highest BCUT2D eigenvalue weighted by Crippen LogP contribution is 2.32. The van der Waals surface area contributed by atoms with Gasteiger partial charge in [-0.15, -0.1) is 0 Å². The second kappa shape index (κ2) is 7.28. The Hall–Kier alpha value is -1.06. The molecule has 0 aromatic heterocycles. The number of hydrogen-bond donors (Lipinski definition) is 1. The average molecular weight is 289 g/mol. The van der Waals surface area contributed by atoms with Crippen molar-refractivity contribution >= 4 is 5.69 Å². The molecular formula is C18H31N3. The third-order valence-corrected chi connectivity index (χ3v) is 5.10. The molecule has 0 saturated heterocycles. The molecule has 1 aliphatic carbocycles. The molecule has 0 radical (unpaired) electrons. The molecule has 1 aromatic rings. The summed E-state index contributed by atoms with van der Waals surface area (Å²) in [6.45, 7) is 3.07. The number of hydrogen-bond acceptors (Lipinski definition) is 3. The van der Waals surface area contributed by atoms with Crippen molar-refractivity contribution in [3.05, 3.63) is 29.8 Å². The number of nitrogens with zero attached hydrogens (tertiary/aromatic N) is 2. The summed E-state index contributed by atoms with van der Waals surface area (Å²) in [5, 5.41) is 0. The normalized spacial score (nSPS) is 24.1. The minimum absolute atomic E-state index is 0.326. The second-order valence-corrected chi connectivity index (χ2v) is 6.73. The first-order valence-electron chi connectivity index (χ1n) is 8.24. The lowest BCUT2D eigenvalue weighted by Crippen LogP contribution is -2.43. The first kappa shape index (κ1) is 16.3. The van der Waals surface area contributed by atoms with Crippen LogP contribution in [0.15, 0.2) is 24.3 Å². The largest absolute Gasteiger partial charge is 0.378 e. The number of benzene rings is 1. The van der Waals surface area contributed by atoms with Crippen molar-refractivity contribution in [2.75, 3.05) is 32.6 Å². The molecule has 0 heterocycles. The molecule has 3 nitrogen and oxygen atoms in total. The molecular weight excluding hydrogens is 258 g/mol. The molecule has 1 aliphatic rings. The zero-order chi connectivity index (χ0) is 15.4. The van der Waals surface area contributed by atoms with E-state index in [1.807, 2.05) is 0 Å². The molecule has 2 N–H and O–H groups in total. The fourth-order valence-corrected chi connectivity index (χ4v) is 3.66. The molecule has 3 atom stereocenters. The smallest absolute Gasteiger partial charge is 0.0470 e. The molecule has 2 rings (SSSR count). The fourth-order valence-electron chi connectivity index (χ4n) is 3.66. The Morgan fingerprint density at radius 1 is 1.10 bits per heavy atom. The quantitative estimate of drug-likeness (QED) is 0.903. The summed E-state index contributed by atoms with van der Waals surface area (Å²) in [5.74, 6) is 0.777. The minimum atomic E-state index is 0.326. The van der Waals surface area contributed by atoms with Gasteiger partial charge in [-0.1, -0.05) is 31.9 Å². The molecule has 3 heteroatoms. The van der Waals surface area contributed by atoms with Crippen LogP contribution < -0.4 is 10.6 Å². The Kier molecular flexibility index (Phi) is 5.65. The van der Waals surface area contributed by atoms with Crippen LogP contribution in [0.5, 0.6) is 0 Å². The van der Waals surface area contributed by atoms with Crippen molar-refractivity contribution in [2.45, 2.75) is 44.7 Å². The van der Waals surface area contributed by atoms with Crippen LogP contribution >= 0.6 is 0 Å². The SMILES string of the molecule is CC1CCCCC1N(C)C(CN)c1ccc(N(C)C)cc1. The van der Waals surface area contributed by atoms with Crippen LogP contribution in [0.25, 0.3) is 0 Å². The Morgan fingerprint density at radius 2 is 1.71 bits per heavy atom. The summed E-state index contributed by atoms with van der Waals surface area (Å²) in [4.78, 5) is 4.66. The molecule has 0 bridgehead atoms. The fraction of sp³-hybridized carbons (Fsp3) is 0.667. The van der Waals surface area contributed by atoms with Gasteiger partial charge in [0.15, 0.2) is 0 Å². The van der Waals surface area contributed by atoms with Crippen LogP contribution in [-0.4, -0.2) is 38.6 Å². The first-order valence-corrected chi connectivity index (χ1v) is 8.24. The molecule has 1 saturated carbocycles. The van der Waals surface area contributed by atoms with Gasteiger partial charge in [0.1, 0.15) is 0 Å². The standard InChI is InChI=1S/C18H31N3/c1-14-7-5-6-8-17(14)21(4)18(13-19)15-9-11-16(12-10-15)20(2)3/h9-12,14,17-18H,5-8,13,19H2,1-4H3. The van der Waals surface area contributed by atoms with E-state index in [1.54, 1.807) is 0 Å². The average Bonchev–Trinajstić information content (AvgIpc) is 2.49. The number of anilines is 1. The molecule has 1 aromatic carbocycles. The van der Waals surface area contributed by atoms with E-state index in [4.69, 9.17) is 5.73 Å². The van der Waals surface area contributed by atoms with Gasteiger partial charge in [0.05, 0.1) is 0 Å². The highest BCUT2D eigenvalue weighted by molar-refractivity contribution is 5.46. The van der Waals surface area contributed by atoms with Gasteiger partial charge in [-0.2, -0.15) is 0 Å². The number of likely N-dealkylation sites (N-methyl/N-ethyl adjacent to an activating group) is 1. The van der Waals surface area contributed by atoms with Crippen LogP contribution in [0, 0.1) is 5.92 Å². The lowest BCUT2D eigenvalue weighted by Gasteiger charge is -2.40. The van der Waals surface area contributed by atoms with Gasteiger partial charge in [0.25, 0.3) is 0 Å². The van der Waals surface area contributed by atoms with E-state index in [1.165, 1.54) is 36.9 Å². The Bertz CT molecular complexity index is 427. The van der Waals surface area contributed by atoms with Gasteiger partial charge < -0.3 is 10.6 Å². The molecule has 21 heavy (non-hydrogen) atoms. The van der Waals surface area contributed by atoms with Gasteiger partial charge in [0.2, 0.25) is 0 Å². The topological polar surface area (TPSA) is 32.5 Å². The predicted molar refractivity (Wildman–Crippen MR) is 91.7 cm³/mol. The van der Waals surface area contributed by atoms with E-state index < -0.39 is 0 Å². The summed E-state index contributed by atoms with van der Waals surface area (Å²) in [7, 11) is 6.40. The zero-order valence-corrected chi connectivity index (χ0v) is 14.0.